The molecule has 17 heavy (non-hydrogen) atoms. The molecule has 0 rings (SSSR count). The Morgan fingerprint density at radius 3 is 2.59 bits per heavy atom. The number of rotatable bonds is 9. The van der Waals surface area contributed by atoms with Crippen LogP contribution in [0.4, 0.5) is 0 Å². The van der Waals surface area contributed by atoms with Crippen LogP contribution in [0.2, 0.25) is 0 Å². The van der Waals surface area contributed by atoms with Crippen LogP contribution in [0.25, 0.3) is 0 Å². The van der Waals surface area contributed by atoms with Crippen molar-refractivity contribution in [3.8, 4) is 0 Å². The Hall–Kier alpha value is -0.0900. The van der Waals surface area contributed by atoms with Gasteiger partial charge in [-0.05, 0) is 11.8 Å². The number of methoxy groups -OCH3 is 1. The lowest BCUT2D eigenvalue weighted by atomic mass is 9.87. The van der Waals surface area contributed by atoms with Crippen LogP contribution in [0, 0.1) is 5.41 Å². The molecule has 0 aromatic carbocycles. The summed E-state index contributed by atoms with van der Waals surface area (Å²) in [5.41, 5.74) is 0.290. The molecular formula is C13H26BrNO2. The number of hydrogen-bond acceptors (Lipinski definition) is 3. The molecule has 0 bridgehead atoms. The SMILES string of the molecule is CCCCCC(C)(C)CNCC(Br)C(=O)OC. The number of ether oxygens (including phenoxy) is 1. The Balaban J connectivity index is 3.74. The highest BCUT2D eigenvalue weighted by Crippen LogP contribution is 2.22. The Labute approximate surface area is 114 Å². The molecular weight excluding hydrogens is 282 g/mol. The van der Waals surface area contributed by atoms with Gasteiger partial charge < -0.3 is 10.1 Å². The summed E-state index contributed by atoms with van der Waals surface area (Å²) in [7, 11) is 1.41. The first-order chi connectivity index (χ1) is 7.93. The third-order valence-corrected chi connectivity index (χ3v) is 3.54. The molecule has 0 heterocycles. The largest absolute Gasteiger partial charge is 0.468 e. The normalized spacial score (nSPS) is 13.5. The minimum absolute atomic E-state index is 0.221. The molecule has 1 N–H and O–H groups in total. The number of carbonyl (C=O) groups excluding carboxylic acids is 1. The van der Waals surface area contributed by atoms with Crippen molar-refractivity contribution in [2.45, 2.75) is 51.3 Å². The Morgan fingerprint density at radius 2 is 2.06 bits per heavy atom. The summed E-state index contributed by atoms with van der Waals surface area (Å²) >= 11 is 3.30. The van der Waals surface area contributed by atoms with Gasteiger partial charge >= 0.3 is 5.97 Å². The number of nitrogens with one attached hydrogen (secondary N) is 1. The van der Waals surface area contributed by atoms with Crippen LogP contribution in [0.3, 0.4) is 0 Å². The van der Waals surface area contributed by atoms with Crippen molar-refractivity contribution in [1.29, 1.82) is 0 Å². The van der Waals surface area contributed by atoms with Gasteiger partial charge in [-0.2, -0.15) is 0 Å². The maximum absolute atomic E-state index is 11.2. The number of esters is 1. The molecule has 0 aliphatic heterocycles. The first-order valence-corrected chi connectivity index (χ1v) is 7.27. The van der Waals surface area contributed by atoms with E-state index >= 15 is 0 Å². The van der Waals surface area contributed by atoms with Crippen LogP contribution in [0.15, 0.2) is 0 Å². The highest BCUT2D eigenvalue weighted by Gasteiger charge is 2.19. The summed E-state index contributed by atoms with van der Waals surface area (Å²) in [6.45, 7) is 8.28. The molecule has 0 spiro atoms. The quantitative estimate of drug-likeness (QED) is 0.404. The molecule has 3 nitrogen and oxygen atoms in total. The average molecular weight is 308 g/mol. The molecule has 0 amide bonds. The van der Waals surface area contributed by atoms with Crippen LogP contribution >= 0.6 is 15.9 Å². The number of unbranched alkanes of at least 4 members (excludes halogenated alkanes) is 2. The zero-order valence-electron chi connectivity index (χ0n) is 11.5. The van der Waals surface area contributed by atoms with Crippen LogP contribution in [0.5, 0.6) is 0 Å². The average Bonchev–Trinajstić information content (AvgIpc) is 2.27. The number of halogens is 1. The minimum atomic E-state index is -0.251. The third-order valence-electron chi connectivity index (χ3n) is 2.84. The van der Waals surface area contributed by atoms with E-state index in [-0.39, 0.29) is 16.2 Å². The predicted molar refractivity (Wildman–Crippen MR) is 75.5 cm³/mol. The Morgan fingerprint density at radius 1 is 1.41 bits per heavy atom. The van der Waals surface area contributed by atoms with E-state index in [9.17, 15) is 4.79 Å². The molecule has 4 heteroatoms. The van der Waals surface area contributed by atoms with Crippen molar-refractivity contribution in [3.05, 3.63) is 0 Å². The van der Waals surface area contributed by atoms with Gasteiger partial charge in [-0.15, -0.1) is 0 Å². The second-order valence-corrected chi connectivity index (χ2v) is 6.35. The van der Waals surface area contributed by atoms with E-state index in [1.54, 1.807) is 0 Å². The van der Waals surface area contributed by atoms with E-state index in [0.717, 1.165) is 6.54 Å². The second-order valence-electron chi connectivity index (χ2n) is 5.24. The first-order valence-electron chi connectivity index (χ1n) is 6.35. The van der Waals surface area contributed by atoms with E-state index in [0.29, 0.717) is 6.54 Å². The van der Waals surface area contributed by atoms with Gasteiger partial charge in [-0.25, -0.2) is 0 Å². The molecule has 0 fully saturated rings. The van der Waals surface area contributed by atoms with Gasteiger partial charge in [-0.1, -0.05) is 56.0 Å². The predicted octanol–water partition coefficient (Wildman–Crippen LogP) is 3.12. The van der Waals surface area contributed by atoms with Crippen molar-refractivity contribution < 1.29 is 9.53 Å². The molecule has 0 radical (unpaired) electrons. The van der Waals surface area contributed by atoms with E-state index in [1.165, 1.54) is 32.8 Å². The molecule has 0 aliphatic rings. The molecule has 0 aromatic rings. The Bertz CT molecular complexity index is 219. The van der Waals surface area contributed by atoms with Crippen molar-refractivity contribution >= 4 is 21.9 Å². The lowest BCUT2D eigenvalue weighted by Crippen LogP contribution is -2.36. The summed E-state index contributed by atoms with van der Waals surface area (Å²) < 4.78 is 4.65. The highest BCUT2D eigenvalue weighted by molar-refractivity contribution is 9.10. The van der Waals surface area contributed by atoms with Crippen LogP contribution in [0.1, 0.15) is 46.5 Å². The van der Waals surface area contributed by atoms with Gasteiger partial charge in [0, 0.05) is 13.1 Å². The maximum Gasteiger partial charge on any atom is 0.320 e. The fourth-order valence-electron chi connectivity index (χ4n) is 1.69. The molecule has 0 aromatic heterocycles. The topological polar surface area (TPSA) is 38.3 Å². The van der Waals surface area contributed by atoms with E-state index < -0.39 is 0 Å². The highest BCUT2D eigenvalue weighted by atomic mass is 79.9. The first kappa shape index (κ1) is 16.9. The summed E-state index contributed by atoms with van der Waals surface area (Å²) in [5, 5.41) is 3.32. The monoisotopic (exact) mass is 307 g/mol. The van der Waals surface area contributed by atoms with Gasteiger partial charge in [0.2, 0.25) is 0 Å². The van der Waals surface area contributed by atoms with Crippen molar-refractivity contribution in [2.75, 3.05) is 20.2 Å². The van der Waals surface area contributed by atoms with Gasteiger partial charge in [0.1, 0.15) is 4.83 Å². The molecule has 0 saturated heterocycles. The summed E-state index contributed by atoms with van der Waals surface area (Å²) in [5.74, 6) is -0.221. The third kappa shape index (κ3) is 8.61. The minimum Gasteiger partial charge on any atom is -0.468 e. The van der Waals surface area contributed by atoms with Gasteiger partial charge in [-0.3, -0.25) is 4.79 Å². The summed E-state index contributed by atoms with van der Waals surface area (Å²) in [4.78, 5) is 10.9. The van der Waals surface area contributed by atoms with E-state index in [4.69, 9.17) is 0 Å². The van der Waals surface area contributed by atoms with E-state index in [2.05, 4.69) is 46.8 Å². The molecule has 0 aliphatic carbocycles. The summed E-state index contributed by atoms with van der Waals surface area (Å²) in [6, 6.07) is 0. The van der Waals surface area contributed by atoms with Crippen molar-refractivity contribution in [1.82, 2.24) is 5.32 Å². The fourth-order valence-corrected chi connectivity index (χ4v) is 2.11. The van der Waals surface area contributed by atoms with Gasteiger partial charge in [0.25, 0.3) is 0 Å². The van der Waals surface area contributed by atoms with Crippen molar-refractivity contribution in [3.63, 3.8) is 0 Å². The zero-order chi connectivity index (χ0) is 13.3. The summed E-state index contributed by atoms with van der Waals surface area (Å²) in [6.07, 6.45) is 5.06. The van der Waals surface area contributed by atoms with Crippen LogP contribution in [-0.2, 0) is 9.53 Å². The molecule has 1 atom stereocenters. The fraction of sp³-hybridized carbons (Fsp3) is 0.923. The molecule has 0 saturated carbocycles. The Kier molecular flexibility index (Phi) is 8.88. The standard InChI is InChI=1S/C13H26BrNO2/c1-5-6-7-8-13(2,3)10-15-9-11(14)12(16)17-4/h11,15H,5-10H2,1-4H3. The van der Waals surface area contributed by atoms with Crippen LogP contribution < -0.4 is 5.32 Å². The number of alkyl halides is 1. The smallest absolute Gasteiger partial charge is 0.320 e. The lowest BCUT2D eigenvalue weighted by Gasteiger charge is -2.25. The van der Waals surface area contributed by atoms with Crippen LogP contribution in [-0.4, -0.2) is 31.0 Å². The van der Waals surface area contributed by atoms with Gasteiger partial charge in [0.05, 0.1) is 7.11 Å². The molecule has 102 valence electrons. The van der Waals surface area contributed by atoms with Crippen molar-refractivity contribution in [2.24, 2.45) is 5.41 Å². The maximum atomic E-state index is 11.2. The second kappa shape index (κ2) is 8.92. The lowest BCUT2D eigenvalue weighted by molar-refractivity contribution is -0.139. The van der Waals surface area contributed by atoms with Gasteiger partial charge in [0.15, 0.2) is 0 Å². The number of hydrogen-bond donors (Lipinski definition) is 1. The molecule has 1 unspecified atom stereocenters. The van der Waals surface area contributed by atoms with E-state index in [1.807, 2.05) is 0 Å². The number of carbonyl (C=O) groups is 1. The zero-order valence-corrected chi connectivity index (χ0v) is 13.1.